The van der Waals surface area contributed by atoms with Crippen molar-refractivity contribution in [3.05, 3.63) is 22.6 Å². The van der Waals surface area contributed by atoms with Gasteiger partial charge in [-0.1, -0.05) is 6.42 Å². The van der Waals surface area contributed by atoms with E-state index in [1.807, 2.05) is 0 Å². The fourth-order valence-electron chi connectivity index (χ4n) is 3.28. The van der Waals surface area contributed by atoms with Gasteiger partial charge in [-0.15, -0.1) is 0 Å². The van der Waals surface area contributed by atoms with Crippen molar-refractivity contribution >= 4 is 0 Å². The normalized spacial score (nSPS) is 25.4. The summed E-state index contributed by atoms with van der Waals surface area (Å²) in [5.41, 5.74) is 3.05. The molecule has 16 heavy (non-hydrogen) atoms. The first kappa shape index (κ1) is 10.4. The van der Waals surface area contributed by atoms with E-state index in [1.165, 1.54) is 62.2 Å². The summed E-state index contributed by atoms with van der Waals surface area (Å²) < 4.78 is 5.95. The molecule has 1 aliphatic carbocycles. The average molecular weight is 219 g/mol. The van der Waals surface area contributed by atoms with Crippen LogP contribution in [0, 0.1) is 6.92 Å². The molecular weight excluding hydrogens is 198 g/mol. The van der Waals surface area contributed by atoms with E-state index in [0.717, 1.165) is 6.42 Å². The van der Waals surface area contributed by atoms with E-state index in [1.54, 1.807) is 5.56 Å². The highest BCUT2D eigenvalue weighted by molar-refractivity contribution is 5.37. The minimum atomic E-state index is 0.569. The van der Waals surface area contributed by atoms with Gasteiger partial charge in [0.2, 0.25) is 0 Å². The SMILES string of the molecule is Cc1oc2c(c1C1CCCCN1)CCCC2. The summed E-state index contributed by atoms with van der Waals surface area (Å²) in [7, 11) is 0. The Kier molecular flexibility index (Phi) is 2.76. The number of nitrogens with one attached hydrogen (secondary N) is 1. The first-order valence-electron chi connectivity index (χ1n) is 6.70. The molecule has 0 aromatic carbocycles. The summed E-state index contributed by atoms with van der Waals surface area (Å²) in [6.45, 7) is 3.31. The second-order valence-corrected chi connectivity index (χ2v) is 5.18. The molecule has 0 spiro atoms. The van der Waals surface area contributed by atoms with Crippen molar-refractivity contribution in [3.63, 3.8) is 0 Å². The second kappa shape index (κ2) is 4.25. The molecule has 1 fully saturated rings. The highest BCUT2D eigenvalue weighted by Crippen LogP contribution is 2.36. The second-order valence-electron chi connectivity index (χ2n) is 5.18. The van der Waals surface area contributed by atoms with Crippen LogP contribution in [0.25, 0.3) is 0 Å². The third-order valence-electron chi connectivity index (χ3n) is 4.06. The Balaban J connectivity index is 1.95. The van der Waals surface area contributed by atoms with Gasteiger partial charge in [-0.25, -0.2) is 0 Å². The van der Waals surface area contributed by atoms with Crippen molar-refractivity contribution in [3.8, 4) is 0 Å². The van der Waals surface area contributed by atoms with Gasteiger partial charge in [0.05, 0.1) is 0 Å². The lowest BCUT2D eigenvalue weighted by atomic mass is 9.88. The van der Waals surface area contributed by atoms with Crippen molar-refractivity contribution in [1.29, 1.82) is 0 Å². The quantitative estimate of drug-likeness (QED) is 0.784. The molecule has 1 aliphatic heterocycles. The number of hydrogen-bond acceptors (Lipinski definition) is 2. The summed E-state index contributed by atoms with van der Waals surface area (Å²) >= 11 is 0. The van der Waals surface area contributed by atoms with E-state index in [0.29, 0.717) is 6.04 Å². The minimum absolute atomic E-state index is 0.569. The molecule has 1 saturated heterocycles. The van der Waals surface area contributed by atoms with Crippen LogP contribution in [0.3, 0.4) is 0 Å². The molecule has 1 unspecified atom stereocenters. The number of furan rings is 1. The third kappa shape index (κ3) is 1.69. The molecule has 2 aliphatic rings. The molecular formula is C14H21NO. The number of aryl methyl sites for hydroxylation is 2. The molecule has 1 N–H and O–H groups in total. The van der Waals surface area contributed by atoms with Crippen molar-refractivity contribution < 1.29 is 4.42 Å². The average Bonchev–Trinajstić information content (AvgIpc) is 2.66. The Bertz CT molecular complexity index is 374. The van der Waals surface area contributed by atoms with E-state index < -0.39 is 0 Å². The lowest BCUT2D eigenvalue weighted by molar-refractivity contribution is 0.403. The molecule has 0 radical (unpaired) electrons. The number of fused-ring (bicyclic) bond motifs is 1. The Morgan fingerprint density at radius 3 is 2.81 bits per heavy atom. The molecule has 88 valence electrons. The zero-order valence-electron chi connectivity index (χ0n) is 10.1. The summed E-state index contributed by atoms with van der Waals surface area (Å²) in [5.74, 6) is 2.46. The van der Waals surface area contributed by atoms with E-state index >= 15 is 0 Å². The van der Waals surface area contributed by atoms with Gasteiger partial charge in [0.1, 0.15) is 11.5 Å². The van der Waals surface area contributed by atoms with Gasteiger partial charge in [-0.2, -0.15) is 0 Å². The summed E-state index contributed by atoms with van der Waals surface area (Å²) in [6, 6.07) is 0.569. The van der Waals surface area contributed by atoms with E-state index in [4.69, 9.17) is 4.42 Å². The van der Waals surface area contributed by atoms with Crippen molar-refractivity contribution in [2.24, 2.45) is 0 Å². The van der Waals surface area contributed by atoms with Crippen LogP contribution in [-0.2, 0) is 12.8 Å². The Morgan fingerprint density at radius 2 is 2.00 bits per heavy atom. The third-order valence-corrected chi connectivity index (χ3v) is 4.06. The first-order chi connectivity index (χ1) is 7.86. The summed E-state index contributed by atoms with van der Waals surface area (Å²) in [4.78, 5) is 0. The van der Waals surface area contributed by atoms with Gasteiger partial charge in [0, 0.05) is 18.0 Å². The first-order valence-corrected chi connectivity index (χ1v) is 6.70. The highest BCUT2D eigenvalue weighted by atomic mass is 16.3. The Labute approximate surface area is 97.4 Å². The Morgan fingerprint density at radius 1 is 1.12 bits per heavy atom. The lowest BCUT2D eigenvalue weighted by Gasteiger charge is -2.25. The molecule has 1 aromatic heterocycles. The molecule has 2 heterocycles. The van der Waals surface area contributed by atoms with Crippen LogP contribution in [0.5, 0.6) is 0 Å². The van der Waals surface area contributed by atoms with E-state index in [9.17, 15) is 0 Å². The monoisotopic (exact) mass is 219 g/mol. The van der Waals surface area contributed by atoms with Gasteiger partial charge in [0.25, 0.3) is 0 Å². The maximum atomic E-state index is 5.95. The number of piperidine rings is 1. The van der Waals surface area contributed by atoms with E-state index in [-0.39, 0.29) is 0 Å². The van der Waals surface area contributed by atoms with Gasteiger partial charge in [0.15, 0.2) is 0 Å². The van der Waals surface area contributed by atoms with E-state index in [2.05, 4.69) is 12.2 Å². The van der Waals surface area contributed by atoms with Gasteiger partial charge < -0.3 is 9.73 Å². The minimum Gasteiger partial charge on any atom is -0.466 e. The summed E-state index contributed by atoms with van der Waals surface area (Å²) in [5, 5.41) is 3.65. The maximum Gasteiger partial charge on any atom is 0.107 e. The molecule has 0 amide bonds. The predicted molar refractivity (Wildman–Crippen MR) is 64.7 cm³/mol. The van der Waals surface area contributed by atoms with Gasteiger partial charge in [-0.3, -0.25) is 0 Å². The van der Waals surface area contributed by atoms with Crippen LogP contribution in [0.15, 0.2) is 4.42 Å². The molecule has 2 nitrogen and oxygen atoms in total. The largest absolute Gasteiger partial charge is 0.466 e. The predicted octanol–water partition coefficient (Wildman–Crippen LogP) is 3.28. The fraction of sp³-hybridized carbons (Fsp3) is 0.714. The smallest absolute Gasteiger partial charge is 0.107 e. The number of rotatable bonds is 1. The molecule has 2 heteroatoms. The van der Waals surface area contributed by atoms with Crippen molar-refractivity contribution in [2.75, 3.05) is 6.54 Å². The number of hydrogen-bond donors (Lipinski definition) is 1. The van der Waals surface area contributed by atoms with Gasteiger partial charge in [-0.05, 0) is 51.1 Å². The molecule has 1 aromatic rings. The standard InChI is InChI=1S/C14H21NO/c1-10-14(12-7-4-5-9-15-12)11-6-2-3-8-13(11)16-10/h12,15H,2-9H2,1H3. The zero-order chi connectivity index (χ0) is 11.0. The van der Waals surface area contributed by atoms with Crippen LogP contribution in [0.4, 0.5) is 0 Å². The molecule has 0 saturated carbocycles. The zero-order valence-corrected chi connectivity index (χ0v) is 10.1. The van der Waals surface area contributed by atoms with Crippen LogP contribution in [0.1, 0.15) is 60.8 Å². The fourth-order valence-corrected chi connectivity index (χ4v) is 3.28. The topological polar surface area (TPSA) is 25.2 Å². The summed E-state index contributed by atoms with van der Waals surface area (Å²) in [6.07, 6.45) is 9.01. The van der Waals surface area contributed by atoms with Crippen LogP contribution in [-0.4, -0.2) is 6.54 Å². The lowest BCUT2D eigenvalue weighted by Crippen LogP contribution is -2.27. The highest BCUT2D eigenvalue weighted by Gasteiger charge is 2.26. The van der Waals surface area contributed by atoms with Crippen molar-refractivity contribution in [1.82, 2.24) is 5.32 Å². The van der Waals surface area contributed by atoms with Crippen molar-refractivity contribution in [2.45, 2.75) is 57.9 Å². The molecule has 1 atom stereocenters. The van der Waals surface area contributed by atoms with Crippen LogP contribution >= 0.6 is 0 Å². The van der Waals surface area contributed by atoms with Gasteiger partial charge >= 0.3 is 0 Å². The van der Waals surface area contributed by atoms with Crippen LogP contribution < -0.4 is 5.32 Å². The van der Waals surface area contributed by atoms with Crippen LogP contribution in [0.2, 0.25) is 0 Å². The molecule has 3 rings (SSSR count). The molecule has 0 bridgehead atoms. The Hall–Kier alpha value is -0.760. The maximum absolute atomic E-state index is 5.95.